The van der Waals surface area contributed by atoms with Gasteiger partial charge in [0.25, 0.3) is 0 Å². The van der Waals surface area contributed by atoms with Crippen LogP contribution in [0.5, 0.6) is 46.0 Å². The van der Waals surface area contributed by atoms with Crippen LogP contribution < -0.4 is 63.5 Å². The third-order valence-electron chi connectivity index (χ3n) is 15.8. The van der Waals surface area contributed by atoms with Crippen molar-refractivity contribution in [3.05, 3.63) is 117 Å². The van der Waals surface area contributed by atoms with Crippen molar-refractivity contribution in [2.45, 2.75) is 133 Å². The Labute approximate surface area is 533 Å². The number of ether oxygens (including phenoxy) is 2. The van der Waals surface area contributed by atoms with Crippen LogP contribution in [0.1, 0.15) is 136 Å². The summed E-state index contributed by atoms with van der Waals surface area (Å²) in [5.41, 5.74) is 9.62. The van der Waals surface area contributed by atoms with Crippen LogP contribution in [-0.2, 0) is 38.4 Å². The largest absolute Gasteiger partial charge is 0.508 e. The number of aromatic hydroxyl groups is 4. The monoisotopic (exact) mass is 1300 g/mol. The molecular formula is C63H74Cl2N10O16. The molecular weight excluding hydrogens is 1220 g/mol. The van der Waals surface area contributed by atoms with Gasteiger partial charge in [-0.3, -0.25) is 38.4 Å². The van der Waals surface area contributed by atoms with E-state index in [1.54, 1.807) is 0 Å². The molecule has 8 amide bonds. The van der Waals surface area contributed by atoms with Gasteiger partial charge in [0.2, 0.25) is 53.0 Å². The van der Waals surface area contributed by atoms with Gasteiger partial charge in [0.05, 0.1) is 22.5 Å². The number of phenols is 4. The quantitative estimate of drug-likeness (QED) is 0.0537. The standard InChI is InChI=1S/C63H74Cl2N10O16/c1-29(2)20-39(68-3)57(83)74-52-54(80)31-13-16-43(37(64)22-31)90-45-24-33-25-46(56(45)82)91-44-17-14-32(23-38(44)65)55(81)53-63(89)73-51(59(85)69-19-11-9-7-5-4-6-8-10-18-66)36-26-34(76)27-42(78)48(36)35-21-30(12-15-41(35)77)49(60(86)75-53)72-61(87)50(33)71-58(84)40(28-47(67)79)70-62(52)88/h12-17,21-27,29,39-40,49-55,68,76-78,80-82H,4-11,18-20,28,66H2,1-3H3,(H2,67,79)(H,69,85)(H,70,88)(H,71,84)(H,72,87)(H,73,89)(H,74,83)(H,75,86)/t39-,40-,49+,50+,51-,52+,53-,54+,55+/m0/s1. The lowest BCUT2D eigenvalue weighted by Gasteiger charge is -2.31. The molecule has 0 unspecified atom stereocenters. The minimum Gasteiger partial charge on any atom is -0.508 e. The lowest BCUT2D eigenvalue weighted by Crippen LogP contribution is -2.59. The van der Waals surface area contributed by atoms with Crippen molar-refractivity contribution < 1.29 is 78.5 Å². The number of halogens is 2. The van der Waals surface area contributed by atoms with E-state index in [0.29, 0.717) is 13.0 Å². The zero-order valence-corrected chi connectivity index (χ0v) is 51.5. The molecule has 26 nitrogen and oxygen atoms in total. The van der Waals surface area contributed by atoms with E-state index in [0.717, 1.165) is 81.3 Å². The van der Waals surface area contributed by atoms with Crippen molar-refractivity contribution >= 4 is 70.5 Å². The van der Waals surface area contributed by atoms with Crippen molar-refractivity contribution in [3.63, 3.8) is 0 Å². The van der Waals surface area contributed by atoms with E-state index in [9.17, 15) is 54.6 Å². The van der Waals surface area contributed by atoms with Crippen molar-refractivity contribution in [2.75, 3.05) is 20.1 Å². The summed E-state index contributed by atoms with van der Waals surface area (Å²) in [6.45, 7) is 4.43. The number of aliphatic hydroxyl groups is 2. The SMILES string of the molecule is CN[C@@H](CC(C)C)C(=O)N[C@H]1C(=O)N[C@@H](CC(N)=O)C(=O)N[C@H]2C(=O)N[C@H]3C(=O)N[C@H](C(=O)N[C@H](C(=O)NCCCCCCCCCCN)c4cc(O)cc(O)c4-c4cc3ccc4O)[C@H](O)c3ccc(c(Cl)c3)Oc3cc2cc(c3O)Oc2ccc(cc2Cl)[C@H]1O. The fourth-order valence-corrected chi connectivity index (χ4v) is 11.5. The Morgan fingerprint density at radius 2 is 1.19 bits per heavy atom. The number of unbranched alkanes of at least 4 members (excludes halogenated alkanes) is 7. The second-order valence-corrected chi connectivity index (χ2v) is 23.8. The number of nitrogens with one attached hydrogen (secondary N) is 8. The van der Waals surface area contributed by atoms with Crippen LogP contribution in [0.25, 0.3) is 11.1 Å². The molecule has 0 spiro atoms. The lowest BCUT2D eigenvalue weighted by molar-refractivity contribution is -0.138. The topological polar surface area (TPSA) is 425 Å². The molecule has 486 valence electrons. The van der Waals surface area contributed by atoms with E-state index in [1.165, 1.54) is 49.5 Å². The number of benzene rings is 5. The summed E-state index contributed by atoms with van der Waals surface area (Å²) in [4.78, 5) is 117. The van der Waals surface area contributed by atoms with E-state index in [4.69, 9.17) is 44.1 Å². The highest BCUT2D eigenvalue weighted by Crippen LogP contribution is 2.48. The van der Waals surface area contributed by atoms with Crippen molar-refractivity contribution in [1.29, 1.82) is 0 Å². The van der Waals surface area contributed by atoms with Gasteiger partial charge in [-0.15, -0.1) is 0 Å². The van der Waals surface area contributed by atoms with E-state index < -0.39 is 143 Å². The number of nitrogens with two attached hydrogens (primary N) is 2. The minimum absolute atomic E-state index is 0.0328. The van der Waals surface area contributed by atoms with Crippen LogP contribution in [0.4, 0.5) is 0 Å². The van der Waals surface area contributed by atoms with Gasteiger partial charge in [-0.05, 0) is 121 Å². The Hall–Kier alpha value is -8.92. The molecule has 5 heterocycles. The molecule has 11 bridgehead atoms. The summed E-state index contributed by atoms with van der Waals surface area (Å²) in [7, 11) is 1.51. The number of hydrogen-bond donors (Lipinski definition) is 16. The molecule has 10 rings (SSSR count). The van der Waals surface area contributed by atoms with Gasteiger partial charge >= 0.3 is 0 Å². The van der Waals surface area contributed by atoms with Crippen LogP contribution in [-0.4, -0.2) is 122 Å². The Morgan fingerprint density at radius 3 is 1.78 bits per heavy atom. The van der Waals surface area contributed by atoms with Gasteiger partial charge in [-0.1, -0.05) is 93.8 Å². The smallest absolute Gasteiger partial charge is 0.248 e. The Bertz CT molecular complexity index is 3590. The average molecular weight is 1300 g/mol. The van der Waals surface area contributed by atoms with Crippen molar-refractivity contribution in [2.24, 2.45) is 17.4 Å². The molecule has 18 N–H and O–H groups in total. The summed E-state index contributed by atoms with van der Waals surface area (Å²) in [5, 5.41) is 90.9. The van der Waals surface area contributed by atoms with Crippen LogP contribution >= 0.6 is 23.2 Å². The first-order valence-electron chi connectivity index (χ1n) is 29.7. The molecule has 5 aromatic rings. The zero-order chi connectivity index (χ0) is 66.0. The van der Waals surface area contributed by atoms with Gasteiger partial charge in [0.1, 0.15) is 77.2 Å². The van der Waals surface area contributed by atoms with Gasteiger partial charge in [-0.25, -0.2) is 0 Å². The number of carbonyl (C=O) groups excluding carboxylic acids is 8. The molecule has 28 heteroatoms. The molecule has 0 aromatic heterocycles. The molecule has 9 atom stereocenters. The summed E-state index contributed by atoms with van der Waals surface area (Å²) in [6, 6.07) is 1.88. The van der Waals surface area contributed by atoms with Gasteiger partial charge in [0, 0.05) is 23.7 Å². The predicted octanol–water partition coefficient (Wildman–Crippen LogP) is 4.51. The molecule has 0 radical (unpaired) electrons. The van der Waals surface area contributed by atoms with Gasteiger partial charge in [-0.2, -0.15) is 0 Å². The number of rotatable bonds is 18. The number of amides is 8. The lowest BCUT2D eigenvalue weighted by atomic mass is 9.89. The molecule has 5 aromatic carbocycles. The van der Waals surface area contributed by atoms with Crippen molar-refractivity contribution in [3.8, 4) is 57.1 Å². The minimum atomic E-state index is -2.15. The second kappa shape index (κ2) is 30.3. The summed E-state index contributed by atoms with van der Waals surface area (Å²) >= 11 is 13.7. The average Bonchev–Trinajstić information content (AvgIpc) is 0.786. The number of likely N-dealkylation sites (N-methyl/N-ethyl adjacent to an activating group) is 1. The highest BCUT2D eigenvalue weighted by Gasteiger charge is 2.42. The van der Waals surface area contributed by atoms with Gasteiger partial charge < -0.3 is 94.1 Å². The van der Waals surface area contributed by atoms with E-state index in [1.807, 2.05) is 13.8 Å². The maximum atomic E-state index is 15.6. The van der Waals surface area contributed by atoms with Crippen molar-refractivity contribution in [1.82, 2.24) is 42.5 Å². The third-order valence-corrected chi connectivity index (χ3v) is 16.4. The highest BCUT2D eigenvalue weighted by atomic mass is 35.5. The second-order valence-electron chi connectivity index (χ2n) is 23.0. The predicted molar refractivity (Wildman–Crippen MR) is 332 cm³/mol. The number of aliphatic hydroxyl groups excluding tert-OH is 2. The molecule has 0 saturated heterocycles. The van der Waals surface area contributed by atoms with Gasteiger partial charge in [0.15, 0.2) is 11.5 Å². The first-order chi connectivity index (χ1) is 43.4. The fraction of sp³-hybridized carbons (Fsp3) is 0.397. The van der Waals surface area contributed by atoms with E-state index in [-0.39, 0.29) is 79.4 Å². The molecule has 0 fully saturated rings. The Balaban J connectivity index is 1.29. The first kappa shape index (κ1) is 68.0. The van der Waals surface area contributed by atoms with E-state index in [2.05, 4.69) is 42.5 Å². The normalized spacial score (nSPS) is 21.1. The Morgan fingerprint density at radius 1 is 0.615 bits per heavy atom. The van der Waals surface area contributed by atoms with Crippen LogP contribution in [0.3, 0.4) is 0 Å². The molecule has 0 aliphatic carbocycles. The maximum absolute atomic E-state index is 15.6. The zero-order valence-electron chi connectivity index (χ0n) is 49.9. The maximum Gasteiger partial charge on any atom is 0.248 e. The van der Waals surface area contributed by atoms with Crippen LogP contribution in [0, 0.1) is 5.92 Å². The molecule has 91 heavy (non-hydrogen) atoms. The Kier molecular flexibility index (Phi) is 22.6. The number of phenolic OH excluding ortho intramolecular Hbond substituents is 4. The summed E-state index contributed by atoms with van der Waals surface area (Å²) < 4.78 is 12.4. The van der Waals surface area contributed by atoms with E-state index >= 15 is 14.4 Å². The molecule has 5 aliphatic heterocycles. The molecule has 0 saturated carbocycles. The highest BCUT2D eigenvalue weighted by molar-refractivity contribution is 6.32. The van der Waals surface area contributed by atoms with Crippen LogP contribution in [0.2, 0.25) is 10.0 Å². The fourth-order valence-electron chi connectivity index (χ4n) is 11.0. The number of fused-ring (bicyclic) bond motifs is 15. The third kappa shape index (κ3) is 16.4. The number of hydrogen-bond acceptors (Lipinski definition) is 18. The number of carbonyl (C=O) groups is 8. The van der Waals surface area contributed by atoms with Crippen LogP contribution in [0.15, 0.2) is 78.9 Å². The summed E-state index contributed by atoms with van der Waals surface area (Å²) in [5.74, 6) is -13.4. The number of primary amides is 1. The summed E-state index contributed by atoms with van der Waals surface area (Å²) in [6.07, 6.45) is 2.39. The first-order valence-corrected chi connectivity index (χ1v) is 30.5. The molecule has 5 aliphatic rings.